The predicted octanol–water partition coefficient (Wildman–Crippen LogP) is 5.49. The third-order valence-electron chi connectivity index (χ3n) is 4.68. The molecule has 0 radical (unpaired) electrons. The number of carbonyl (C=O) groups is 1. The zero-order valence-corrected chi connectivity index (χ0v) is 17.9. The monoisotopic (exact) mass is 452 g/mol. The Morgan fingerprint density at radius 3 is 2.68 bits per heavy atom. The van der Waals surface area contributed by atoms with E-state index in [0.717, 1.165) is 22.7 Å². The summed E-state index contributed by atoms with van der Waals surface area (Å²) < 4.78 is 26.2. The van der Waals surface area contributed by atoms with Gasteiger partial charge in [-0.2, -0.15) is 0 Å². The Hall–Kier alpha value is -1.74. The molecule has 5 nitrogen and oxygen atoms in total. The summed E-state index contributed by atoms with van der Waals surface area (Å²) in [7, 11) is -3.37. The summed E-state index contributed by atoms with van der Waals surface area (Å²) in [6.45, 7) is 0. The summed E-state index contributed by atoms with van der Waals surface area (Å²) in [6.07, 6.45) is 3.30. The van der Waals surface area contributed by atoms with E-state index >= 15 is 0 Å². The number of benzene rings is 1. The maximum Gasteiger partial charge on any atom is 0.275 e. The van der Waals surface area contributed by atoms with Crippen molar-refractivity contribution < 1.29 is 13.2 Å². The zero-order valence-electron chi connectivity index (χ0n) is 14.7. The fourth-order valence-electron chi connectivity index (χ4n) is 3.26. The average molecular weight is 453 g/mol. The highest BCUT2D eigenvalue weighted by molar-refractivity contribution is 7.92. The van der Waals surface area contributed by atoms with E-state index < -0.39 is 9.84 Å². The van der Waals surface area contributed by atoms with E-state index in [2.05, 4.69) is 10.3 Å². The van der Waals surface area contributed by atoms with Crippen molar-refractivity contribution in [2.24, 2.45) is 0 Å². The Morgan fingerprint density at radius 1 is 1.18 bits per heavy atom. The number of aromatic nitrogens is 1. The number of rotatable bonds is 5. The summed E-state index contributed by atoms with van der Waals surface area (Å²) >= 11 is 8.72. The van der Waals surface area contributed by atoms with Crippen molar-refractivity contribution in [3.05, 3.63) is 51.8 Å². The van der Waals surface area contributed by atoms with Gasteiger partial charge in [-0.15, -0.1) is 22.7 Å². The lowest BCUT2D eigenvalue weighted by Gasteiger charge is -2.12. The first-order valence-corrected chi connectivity index (χ1v) is 12.4. The van der Waals surface area contributed by atoms with Crippen LogP contribution in [-0.4, -0.2) is 24.6 Å². The molecule has 4 rings (SSSR count). The highest BCUT2D eigenvalue weighted by Gasteiger charge is 2.30. The van der Waals surface area contributed by atoms with E-state index in [1.807, 2.05) is 6.07 Å². The van der Waals surface area contributed by atoms with Gasteiger partial charge in [0.1, 0.15) is 10.7 Å². The van der Waals surface area contributed by atoms with E-state index in [9.17, 15) is 13.2 Å². The Kier molecular flexibility index (Phi) is 5.55. The van der Waals surface area contributed by atoms with Crippen LogP contribution < -0.4 is 5.32 Å². The molecule has 1 amide bonds. The molecule has 3 aromatic rings. The maximum absolute atomic E-state index is 12.8. The van der Waals surface area contributed by atoms with Crippen LogP contribution >= 0.6 is 34.3 Å². The van der Waals surface area contributed by atoms with Crippen molar-refractivity contribution >= 4 is 55.7 Å². The molecular weight excluding hydrogens is 436 g/mol. The molecule has 9 heteroatoms. The lowest BCUT2D eigenvalue weighted by Crippen LogP contribution is -2.18. The van der Waals surface area contributed by atoms with Crippen LogP contribution in [0.1, 0.15) is 36.2 Å². The molecule has 1 saturated carbocycles. The molecule has 1 aromatic carbocycles. The standard InChI is InChI=1S/C19H17ClN2O3S3/c20-17-9-8-16(27-17)19-22-15(11-26-19)18(23)21-12-4-3-7-14(10-12)28(24,25)13-5-1-2-6-13/h3-4,7-11,13H,1-2,5-6H2,(H,21,23). The van der Waals surface area contributed by atoms with Gasteiger partial charge in [-0.3, -0.25) is 4.79 Å². The summed E-state index contributed by atoms with van der Waals surface area (Å²) in [5, 5.41) is 4.83. The minimum Gasteiger partial charge on any atom is -0.321 e. The first kappa shape index (κ1) is 19.6. The molecule has 0 bridgehead atoms. The molecule has 1 aliphatic rings. The van der Waals surface area contributed by atoms with Crippen molar-refractivity contribution in [1.29, 1.82) is 0 Å². The number of nitrogens with zero attached hydrogens (tertiary/aromatic N) is 1. The van der Waals surface area contributed by atoms with Crippen molar-refractivity contribution in [3.8, 4) is 9.88 Å². The van der Waals surface area contributed by atoms with Crippen molar-refractivity contribution in [2.75, 3.05) is 5.32 Å². The number of nitrogens with one attached hydrogen (secondary N) is 1. The van der Waals surface area contributed by atoms with E-state index in [1.54, 1.807) is 29.6 Å². The van der Waals surface area contributed by atoms with Gasteiger partial charge in [0.2, 0.25) is 0 Å². The normalized spacial score (nSPS) is 15.0. The third-order valence-corrected chi connectivity index (χ3v) is 9.19. The Morgan fingerprint density at radius 2 is 1.96 bits per heavy atom. The molecule has 1 aliphatic carbocycles. The van der Waals surface area contributed by atoms with Crippen LogP contribution in [0.2, 0.25) is 4.34 Å². The van der Waals surface area contributed by atoms with Crippen LogP contribution in [0.25, 0.3) is 9.88 Å². The van der Waals surface area contributed by atoms with Gasteiger partial charge in [0.15, 0.2) is 9.84 Å². The molecule has 1 N–H and O–H groups in total. The summed E-state index contributed by atoms with van der Waals surface area (Å²) in [5.41, 5.74) is 0.728. The number of thiophene rings is 1. The summed E-state index contributed by atoms with van der Waals surface area (Å²) in [6, 6.07) is 10.1. The summed E-state index contributed by atoms with van der Waals surface area (Å²) in [5.74, 6) is -0.374. The van der Waals surface area contributed by atoms with Crippen LogP contribution in [0.15, 0.2) is 46.7 Å². The third kappa shape index (κ3) is 4.00. The van der Waals surface area contributed by atoms with Gasteiger partial charge < -0.3 is 5.32 Å². The number of anilines is 1. The fraction of sp³-hybridized carbons (Fsp3) is 0.263. The smallest absolute Gasteiger partial charge is 0.275 e. The van der Waals surface area contributed by atoms with E-state index in [-0.39, 0.29) is 21.7 Å². The average Bonchev–Trinajstić information content (AvgIpc) is 3.43. The van der Waals surface area contributed by atoms with Crippen LogP contribution in [0, 0.1) is 0 Å². The minimum absolute atomic E-state index is 0.254. The summed E-state index contributed by atoms with van der Waals surface area (Å²) in [4.78, 5) is 18.1. The Labute approximate surface area is 176 Å². The zero-order chi connectivity index (χ0) is 19.7. The van der Waals surface area contributed by atoms with Gasteiger partial charge in [-0.1, -0.05) is 30.5 Å². The van der Waals surface area contributed by atoms with Gasteiger partial charge in [0, 0.05) is 11.1 Å². The molecule has 1 fully saturated rings. The quantitative estimate of drug-likeness (QED) is 0.555. The molecule has 2 heterocycles. The number of thiazole rings is 1. The van der Waals surface area contributed by atoms with Crippen LogP contribution in [-0.2, 0) is 9.84 Å². The largest absolute Gasteiger partial charge is 0.321 e. The lowest BCUT2D eigenvalue weighted by molar-refractivity contribution is 0.102. The highest BCUT2D eigenvalue weighted by atomic mass is 35.5. The van der Waals surface area contributed by atoms with Crippen LogP contribution in [0.5, 0.6) is 0 Å². The number of amides is 1. The van der Waals surface area contributed by atoms with Gasteiger partial charge in [-0.25, -0.2) is 13.4 Å². The number of halogens is 1. The SMILES string of the molecule is O=C(Nc1cccc(S(=O)(=O)C2CCCC2)c1)c1csc(-c2ccc(Cl)s2)n1. The van der Waals surface area contributed by atoms with Crippen molar-refractivity contribution in [3.63, 3.8) is 0 Å². The predicted molar refractivity (Wildman–Crippen MR) is 114 cm³/mol. The number of hydrogen-bond acceptors (Lipinski definition) is 6. The van der Waals surface area contributed by atoms with Crippen molar-refractivity contribution in [2.45, 2.75) is 35.8 Å². The maximum atomic E-state index is 12.8. The molecule has 28 heavy (non-hydrogen) atoms. The number of hydrogen-bond donors (Lipinski definition) is 1. The molecule has 2 aromatic heterocycles. The van der Waals surface area contributed by atoms with E-state index in [0.29, 0.717) is 22.9 Å². The lowest BCUT2D eigenvalue weighted by atomic mass is 10.3. The van der Waals surface area contributed by atoms with Gasteiger partial charge in [0.05, 0.1) is 19.4 Å². The molecule has 146 valence electrons. The topological polar surface area (TPSA) is 76.1 Å². The van der Waals surface area contributed by atoms with Crippen LogP contribution in [0.3, 0.4) is 0 Å². The second kappa shape index (κ2) is 7.94. The Bertz CT molecular complexity index is 1110. The fourth-order valence-corrected chi connectivity index (χ4v) is 7.07. The van der Waals surface area contributed by atoms with E-state index in [4.69, 9.17) is 11.6 Å². The first-order valence-electron chi connectivity index (χ1n) is 8.80. The van der Waals surface area contributed by atoms with Crippen molar-refractivity contribution in [1.82, 2.24) is 4.98 Å². The first-order chi connectivity index (χ1) is 13.4. The molecule has 0 saturated heterocycles. The molecule has 0 spiro atoms. The van der Waals surface area contributed by atoms with Gasteiger partial charge >= 0.3 is 0 Å². The highest BCUT2D eigenvalue weighted by Crippen LogP contribution is 2.33. The minimum atomic E-state index is -3.37. The molecule has 0 atom stereocenters. The molecular formula is C19H17ClN2O3S3. The molecule has 0 unspecified atom stereocenters. The number of carbonyl (C=O) groups excluding carboxylic acids is 1. The second-order valence-electron chi connectivity index (χ2n) is 6.58. The number of sulfone groups is 1. The van der Waals surface area contributed by atoms with Gasteiger partial charge in [-0.05, 0) is 43.2 Å². The van der Waals surface area contributed by atoms with E-state index in [1.165, 1.54) is 28.7 Å². The van der Waals surface area contributed by atoms with Crippen LogP contribution in [0.4, 0.5) is 5.69 Å². The second-order valence-corrected chi connectivity index (χ2v) is 11.4. The van der Waals surface area contributed by atoms with Gasteiger partial charge in [0.25, 0.3) is 5.91 Å². The molecule has 0 aliphatic heterocycles. The Balaban J connectivity index is 1.52.